The molecule has 0 aromatic carbocycles. The zero-order chi connectivity index (χ0) is 16.5. The van der Waals surface area contributed by atoms with Gasteiger partial charge in [0.1, 0.15) is 0 Å². The molecule has 4 heteroatoms. The molecule has 4 nitrogen and oxygen atoms in total. The fourth-order valence-electron chi connectivity index (χ4n) is 2.71. The third-order valence-corrected chi connectivity index (χ3v) is 4.12. The van der Waals surface area contributed by atoms with Crippen LogP contribution in [0.5, 0.6) is 0 Å². The lowest BCUT2D eigenvalue weighted by Crippen LogP contribution is -2.05. The molecule has 0 heterocycles. The minimum Gasteiger partial charge on any atom is -0.481 e. The lowest BCUT2D eigenvalue weighted by molar-refractivity contribution is -0.137. The van der Waals surface area contributed by atoms with Crippen LogP contribution in [0.1, 0.15) is 96.3 Å². The van der Waals surface area contributed by atoms with Crippen LogP contribution in [0.25, 0.3) is 0 Å². The molecule has 0 aliphatic heterocycles. The highest BCUT2D eigenvalue weighted by molar-refractivity contribution is 5.66. The van der Waals surface area contributed by atoms with Gasteiger partial charge in [-0.15, -0.1) is 0 Å². The van der Waals surface area contributed by atoms with Crippen LogP contribution in [0.3, 0.4) is 0 Å². The summed E-state index contributed by atoms with van der Waals surface area (Å²) in [6.07, 6.45) is 15.0. The average molecular weight is 316 g/mol. The summed E-state index contributed by atoms with van der Waals surface area (Å²) in [5.74, 6) is -0.705. The summed E-state index contributed by atoms with van der Waals surface area (Å²) in [7, 11) is 0. The Morgan fingerprint density at radius 3 is 1.55 bits per heavy atom. The summed E-state index contributed by atoms with van der Waals surface area (Å²) in [5.41, 5.74) is 0. The number of aliphatic hydroxyl groups is 2. The van der Waals surface area contributed by atoms with E-state index in [1.54, 1.807) is 0 Å². The van der Waals surface area contributed by atoms with Gasteiger partial charge in [0, 0.05) is 13.0 Å². The Bertz CT molecular complexity index is 243. The molecule has 22 heavy (non-hydrogen) atoms. The van der Waals surface area contributed by atoms with Gasteiger partial charge in [-0.3, -0.25) is 4.79 Å². The SMILES string of the molecule is O=C(O)CCCCCCCC(O)CCCCCCCCCO. The summed E-state index contributed by atoms with van der Waals surface area (Å²) in [5, 5.41) is 27.1. The first-order chi connectivity index (χ1) is 10.7. The zero-order valence-corrected chi connectivity index (χ0v) is 14.1. The van der Waals surface area contributed by atoms with Crippen molar-refractivity contribution in [2.75, 3.05) is 6.61 Å². The van der Waals surface area contributed by atoms with Crippen molar-refractivity contribution in [1.29, 1.82) is 0 Å². The molecule has 0 spiro atoms. The molecule has 0 fully saturated rings. The first kappa shape index (κ1) is 21.4. The third kappa shape index (κ3) is 17.4. The molecule has 1 atom stereocenters. The van der Waals surface area contributed by atoms with Gasteiger partial charge in [0.05, 0.1) is 6.10 Å². The van der Waals surface area contributed by atoms with E-state index < -0.39 is 5.97 Å². The maximum atomic E-state index is 10.3. The summed E-state index contributed by atoms with van der Waals surface area (Å²) in [4.78, 5) is 10.3. The number of carboxylic acid groups (broad SMARTS) is 1. The molecule has 0 aromatic heterocycles. The van der Waals surface area contributed by atoms with Gasteiger partial charge in [-0.1, -0.05) is 64.2 Å². The Morgan fingerprint density at radius 1 is 0.682 bits per heavy atom. The van der Waals surface area contributed by atoms with Crippen LogP contribution in [-0.2, 0) is 4.79 Å². The van der Waals surface area contributed by atoms with Gasteiger partial charge in [0.15, 0.2) is 0 Å². The Kier molecular flexibility index (Phi) is 16.3. The molecule has 0 bridgehead atoms. The number of carboxylic acids is 1. The van der Waals surface area contributed by atoms with Crippen LogP contribution in [0.15, 0.2) is 0 Å². The lowest BCUT2D eigenvalue weighted by Gasteiger charge is -2.10. The quantitative estimate of drug-likeness (QED) is 0.350. The average Bonchev–Trinajstić information content (AvgIpc) is 2.48. The maximum absolute atomic E-state index is 10.3. The van der Waals surface area contributed by atoms with Crippen LogP contribution in [0.2, 0.25) is 0 Å². The number of carbonyl (C=O) groups is 1. The minimum absolute atomic E-state index is 0.159. The predicted octanol–water partition coefficient (Wildman–Crippen LogP) is 4.28. The van der Waals surface area contributed by atoms with Crippen LogP contribution >= 0.6 is 0 Å². The van der Waals surface area contributed by atoms with E-state index in [-0.39, 0.29) is 12.5 Å². The molecule has 0 aromatic rings. The molecular formula is C18H36O4. The number of unbranched alkanes of at least 4 members (excludes halogenated alkanes) is 10. The van der Waals surface area contributed by atoms with Gasteiger partial charge in [-0.2, -0.15) is 0 Å². The maximum Gasteiger partial charge on any atom is 0.303 e. The van der Waals surface area contributed by atoms with Gasteiger partial charge in [0.2, 0.25) is 0 Å². The second kappa shape index (κ2) is 16.8. The van der Waals surface area contributed by atoms with E-state index in [2.05, 4.69) is 0 Å². The first-order valence-corrected chi connectivity index (χ1v) is 9.17. The smallest absolute Gasteiger partial charge is 0.303 e. The standard InChI is InChI=1S/C18H36O4/c19-16-12-8-3-1-2-5-9-13-17(20)14-10-6-4-7-11-15-18(21)22/h17,19-20H,1-16H2,(H,21,22). The van der Waals surface area contributed by atoms with Gasteiger partial charge in [-0.25, -0.2) is 0 Å². The van der Waals surface area contributed by atoms with Gasteiger partial charge >= 0.3 is 5.97 Å². The monoisotopic (exact) mass is 316 g/mol. The molecule has 0 radical (unpaired) electrons. The normalized spacial score (nSPS) is 12.5. The molecule has 0 saturated heterocycles. The van der Waals surface area contributed by atoms with Crippen molar-refractivity contribution >= 4 is 5.97 Å². The molecular weight excluding hydrogens is 280 g/mol. The van der Waals surface area contributed by atoms with E-state index in [9.17, 15) is 9.90 Å². The number of aliphatic hydroxyl groups excluding tert-OH is 2. The largest absolute Gasteiger partial charge is 0.481 e. The summed E-state index contributed by atoms with van der Waals surface area (Å²) < 4.78 is 0. The van der Waals surface area contributed by atoms with Crippen LogP contribution in [0.4, 0.5) is 0 Å². The number of hydrogen-bond acceptors (Lipinski definition) is 3. The van der Waals surface area contributed by atoms with Crippen LogP contribution in [0, 0.1) is 0 Å². The summed E-state index contributed by atoms with van der Waals surface area (Å²) in [6, 6.07) is 0. The highest BCUT2D eigenvalue weighted by atomic mass is 16.4. The van der Waals surface area contributed by atoms with E-state index >= 15 is 0 Å². The Balaban J connectivity index is 3.16. The number of aliphatic carboxylic acids is 1. The van der Waals surface area contributed by atoms with E-state index in [1.807, 2.05) is 0 Å². The van der Waals surface area contributed by atoms with Crippen LogP contribution < -0.4 is 0 Å². The highest BCUT2D eigenvalue weighted by Gasteiger charge is 2.04. The van der Waals surface area contributed by atoms with Gasteiger partial charge < -0.3 is 15.3 Å². The molecule has 0 rings (SSSR count). The Hall–Kier alpha value is -0.610. The highest BCUT2D eigenvalue weighted by Crippen LogP contribution is 2.14. The fourth-order valence-corrected chi connectivity index (χ4v) is 2.71. The fraction of sp³-hybridized carbons (Fsp3) is 0.944. The van der Waals surface area contributed by atoms with E-state index in [4.69, 9.17) is 10.2 Å². The van der Waals surface area contributed by atoms with Crippen molar-refractivity contribution in [2.24, 2.45) is 0 Å². The van der Waals surface area contributed by atoms with Crippen LogP contribution in [-0.4, -0.2) is 34.0 Å². The number of hydrogen-bond donors (Lipinski definition) is 3. The molecule has 0 amide bonds. The predicted molar refractivity (Wildman–Crippen MR) is 90.0 cm³/mol. The second-order valence-electron chi connectivity index (χ2n) is 6.34. The Labute approximate surface area is 135 Å². The van der Waals surface area contributed by atoms with Gasteiger partial charge in [0.25, 0.3) is 0 Å². The first-order valence-electron chi connectivity index (χ1n) is 9.17. The molecule has 0 saturated carbocycles. The van der Waals surface area contributed by atoms with E-state index in [0.29, 0.717) is 6.61 Å². The molecule has 1 unspecified atom stereocenters. The van der Waals surface area contributed by atoms with Crippen molar-refractivity contribution < 1.29 is 20.1 Å². The van der Waals surface area contributed by atoms with Crippen molar-refractivity contribution in [2.45, 2.75) is 102 Å². The minimum atomic E-state index is -0.705. The summed E-state index contributed by atoms with van der Waals surface area (Å²) >= 11 is 0. The lowest BCUT2D eigenvalue weighted by atomic mass is 10.0. The Morgan fingerprint density at radius 2 is 1.09 bits per heavy atom. The number of rotatable bonds is 17. The van der Waals surface area contributed by atoms with Crippen molar-refractivity contribution in [3.63, 3.8) is 0 Å². The van der Waals surface area contributed by atoms with Crippen molar-refractivity contribution in [3.8, 4) is 0 Å². The van der Waals surface area contributed by atoms with E-state index in [1.165, 1.54) is 25.7 Å². The third-order valence-electron chi connectivity index (χ3n) is 4.12. The molecule has 0 aliphatic rings. The van der Waals surface area contributed by atoms with E-state index in [0.717, 1.165) is 64.2 Å². The second-order valence-corrected chi connectivity index (χ2v) is 6.34. The molecule has 0 aliphatic carbocycles. The molecule has 132 valence electrons. The van der Waals surface area contributed by atoms with Gasteiger partial charge in [-0.05, 0) is 25.7 Å². The van der Waals surface area contributed by atoms with Crippen molar-refractivity contribution in [1.82, 2.24) is 0 Å². The summed E-state index contributed by atoms with van der Waals surface area (Å²) in [6.45, 7) is 0.311. The zero-order valence-electron chi connectivity index (χ0n) is 14.1. The molecule has 3 N–H and O–H groups in total. The topological polar surface area (TPSA) is 77.8 Å². The van der Waals surface area contributed by atoms with Crippen molar-refractivity contribution in [3.05, 3.63) is 0 Å².